The van der Waals surface area contributed by atoms with Gasteiger partial charge in [-0.1, -0.05) is 12.1 Å². The smallest absolute Gasteiger partial charge is 0.262 e. The third-order valence-corrected chi connectivity index (χ3v) is 5.38. The summed E-state index contributed by atoms with van der Waals surface area (Å²) in [7, 11) is -3.46. The lowest BCUT2D eigenvalue weighted by Gasteiger charge is -2.12. The molecule has 1 aliphatic rings. The van der Waals surface area contributed by atoms with Crippen LogP contribution in [0.3, 0.4) is 0 Å². The first kappa shape index (κ1) is 19.3. The van der Waals surface area contributed by atoms with Crippen LogP contribution in [-0.4, -0.2) is 27.2 Å². The maximum absolute atomic E-state index is 12.3. The molecule has 152 valence electrons. The van der Waals surface area contributed by atoms with Crippen LogP contribution in [0.15, 0.2) is 46.9 Å². The van der Waals surface area contributed by atoms with E-state index in [1.54, 1.807) is 30.3 Å². The van der Waals surface area contributed by atoms with Gasteiger partial charge in [0.1, 0.15) is 17.1 Å². The van der Waals surface area contributed by atoms with E-state index in [0.29, 0.717) is 17.1 Å². The first-order chi connectivity index (χ1) is 13.9. The summed E-state index contributed by atoms with van der Waals surface area (Å²) >= 11 is 0. The standard InChI is InChI=1S/C21H22N2O5S/c1-29(25,26)23-18-8-4-3-7-17(18)22-21(24)13-27-14-10-11-20-16(12-14)15-6-2-5-9-19(15)28-20/h3-4,7-8,10-12,23H,2,5-6,9,13H2,1H3,(H,22,24). The molecule has 0 saturated carbocycles. The fourth-order valence-corrected chi connectivity index (χ4v) is 4.13. The molecule has 0 radical (unpaired) electrons. The quantitative estimate of drug-likeness (QED) is 0.641. The normalized spacial score (nSPS) is 13.7. The number of carbonyl (C=O) groups is 1. The fourth-order valence-electron chi connectivity index (χ4n) is 3.55. The molecule has 0 saturated heterocycles. The first-order valence-electron chi connectivity index (χ1n) is 9.43. The molecule has 29 heavy (non-hydrogen) atoms. The van der Waals surface area contributed by atoms with E-state index in [9.17, 15) is 13.2 Å². The summed E-state index contributed by atoms with van der Waals surface area (Å²) in [6, 6.07) is 12.1. The van der Waals surface area contributed by atoms with Crippen LogP contribution >= 0.6 is 0 Å². The molecule has 8 heteroatoms. The number of carbonyl (C=O) groups excluding carboxylic acids is 1. The number of furan rings is 1. The van der Waals surface area contributed by atoms with Crippen molar-refractivity contribution >= 4 is 38.3 Å². The third-order valence-electron chi connectivity index (χ3n) is 4.79. The minimum absolute atomic E-state index is 0.196. The van der Waals surface area contributed by atoms with Crippen molar-refractivity contribution in [2.75, 3.05) is 22.9 Å². The zero-order valence-electron chi connectivity index (χ0n) is 16.0. The van der Waals surface area contributed by atoms with Crippen molar-refractivity contribution in [1.82, 2.24) is 0 Å². The summed E-state index contributed by atoms with van der Waals surface area (Å²) in [5.41, 5.74) is 2.75. The molecule has 0 fully saturated rings. The predicted octanol–water partition coefficient (Wildman–Crippen LogP) is 3.70. The number of sulfonamides is 1. The fraction of sp³-hybridized carbons (Fsp3) is 0.286. The van der Waals surface area contributed by atoms with Crippen LogP contribution in [-0.2, 0) is 27.7 Å². The highest BCUT2D eigenvalue weighted by atomic mass is 32.2. The molecule has 1 aromatic heterocycles. The van der Waals surface area contributed by atoms with Crippen molar-refractivity contribution in [3.05, 3.63) is 53.8 Å². The zero-order valence-corrected chi connectivity index (χ0v) is 16.8. The Morgan fingerprint density at radius 1 is 1.10 bits per heavy atom. The highest BCUT2D eigenvalue weighted by Gasteiger charge is 2.18. The molecule has 2 aromatic carbocycles. The van der Waals surface area contributed by atoms with Crippen molar-refractivity contribution in [1.29, 1.82) is 0 Å². The van der Waals surface area contributed by atoms with Crippen molar-refractivity contribution < 1.29 is 22.4 Å². The molecule has 1 amide bonds. The summed E-state index contributed by atoms with van der Waals surface area (Å²) < 4.78 is 36.9. The van der Waals surface area contributed by atoms with Gasteiger partial charge in [0.25, 0.3) is 5.91 Å². The Balaban J connectivity index is 1.44. The van der Waals surface area contributed by atoms with Crippen LogP contribution in [0.1, 0.15) is 24.2 Å². The Morgan fingerprint density at radius 2 is 1.86 bits per heavy atom. The molecule has 7 nitrogen and oxygen atoms in total. The SMILES string of the molecule is CS(=O)(=O)Nc1ccccc1NC(=O)COc1ccc2oc3c(c2c1)CCCC3. The molecule has 0 atom stereocenters. The summed E-state index contributed by atoms with van der Waals surface area (Å²) in [6.45, 7) is -0.196. The van der Waals surface area contributed by atoms with Crippen LogP contribution in [0, 0.1) is 0 Å². The number of amides is 1. The second-order valence-corrected chi connectivity index (χ2v) is 8.87. The lowest BCUT2D eigenvalue weighted by Crippen LogP contribution is -2.21. The van der Waals surface area contributed by atoms with Gasteiger partial charge in [0.2, 0.25) is 10.0 Å². The van der Waals surface area contributed by atoms with Gasteiger partial charge in [-0.25, -0.2) is 8.42 Å². The van der Waals surface area contributed by atoms with Crippen molar-refractivity contribution in [3.8, 4) is 5.75 Å². The van der Waals surface area contributed by atoms with Gasteiger partial charge < -0.3 is 14.5 Å². The molecule has 0 bridgehead atoms. The summed E-state index contributed by atoms with van der Waals surface area (Å²) in [5.74, 6) is 1.25. The molecule has 1 aliphatic carbocycles. The Hall–Kier alpha value is -3.00. The van der Waals surface area contributed by atoms with Crippen LogP contribution in [0.5, 0.6) is 5.75 Å². The molecule has 0 unspecified atom stereocenters. The number of nitrogens with one attached hydrogen (secondary N) is 2. The molecule has 2 N–H and O–H groups in total. The average Bonchev–Trinajstić information content (AvgIpc) is 3.05. The number of anilines is 2. The van der Waals surface area contributed by atoms with Gasteiger partial charge in [-0.15, -0.1) is 0 Å². The number of fused-ring (bicyclic) bond motifs is 3. The number of hydrogen-bond acceptors (Lipinski definition) is 5. The Labute approximate surface area is 169 Å². The minimum atomic E-state index is -3.46. The number of para-hydroxylation sites is 2. The van der Waals surface area contributed by atoms with Gasteiger partial charge in [0.15, 0.2) is 6.61 Å². The number of benzene rings is 2. The van der Waals surface area contributed by atoms with E-state index in [0.717, 1.165) is 48.7 Å². The molecular formula is C21H22N2O5S. The van der Waals surface area contributed by atoms with Gasteiger partial charge in [0, 0.05) is 17.4 Å². The maximum Gasteiger partial charge on any atom is 0.262 e. The van der Waals surface area contributed by atoms with E-state index in [2.05, 4.69) is 10.0 Å². The lowest BCUT2D eigenvalue weighted by atomic mass is 9.96. The van der Waals surface area contributed by atoms with E-state index in [1.807, 2.05) is 12.1 Å². The van der Waals surface area contributed by atoms with Gasteiger partial charge in [0.05, 0.1) is 17.6 Å². The molecule has 1 heterocycles. The predicted molar refractivity (Wildman–Crippen MR) is 112 cm³/mol. The van der Waals surface area contributed by atoms with Crippen LogP contribution in [0.25, 0.3) is 11.0 Å². The number of aryl methyl sites for hydroxylation is 2. The molecule has 4 rings (SSSR count). The van der Waals surface area contributed by atoms with Crippen LogP contribution in [0.2, 0.25) is 0 Å². The van der Waals surface area contributed by atoms with Gasteiger partial charge >= 0.3 is 0 Å². The second-order valence-electron chi connectivity index (χ2n) is 7.13. The maximum atomic E-state index is 12.3. The van der Waals surface area contributed by atoms with E-state index < -0.39 is 10.0 Å². The van der Waals surface area contributed by atoms with E-state index in [1.165, 1.54) is 5.56 Å². The van der Waals surface area contributed by atoms with Gasteiger partial charge in [-0.2, -0.15) is 0 Å². The average molecular weight is 414 g/mol. The van der Waals surface area contributed by atoms with E-state index >= 15 is 0 Å². The van der Waals surface area contributed by atoms with E-state index in [-0.39, 0.29) is 12.5 Å². The molecule has 3 aromatic rings. The Morgan fingerprint density at radius 3 is 2.66 bits per heavy atom. The van der Waals surface area contributed by atoms with Crippen LogP contribution < -0.4 is 14.8 Å². The first-order valence-corrected chi connectivity index (χ1v) is 11.3. The highest BCUT2D eigenvalue weighted by Crippen LogP contribution is 2.34. The van der Waals surface area contributed by atoms with Crippen molar-refractivity contribution in [2.24, 2.45) is 0 Å². The lowest BCUT2D eigenvalue weighted by molar-refractivity contribution is -0.118. The number of hydrogen-bond donors (Lipinski definition) is 2. The van der Waals surface area contributed by atoms with Gasteiger partial charge in [-0.05, 0) is 49.6 Å². The largest absolute Gasteiger partial charge is 0.484 e. The minimum Gasteiger partial charge on any atom is -0.484 e. The number of rotatable bonds is 6. The van der Waals surface area contributed by atoms with E-state index in [4.69, 9.17) is 9.15 Å². The van der Waals surface area contributed by atoms with Gasteiger partial charge in [-0.3, -0.25) is 9.52 Å². The summed E-state index contributed by atoms with van der Waals surface area (Å²) in [5, 5.41) is 3.72. The molecule has 0 spiro atoms. The number of ether oxygens (including phenoxy) is 1. The molecule has 0 aliphatic heterocycles. The Kier molecular flexibility index (Phi) is 5.19. The second kappa shape index (κ2) is 7.79. The third kappa shape index (κ3) is 4.54. The van der Waals surface area contributed by atoms with Crippen molar-refractivity contribution in [3.63, 3.8) is 0 Å². The summed E-state index contributed by atoms with van der Waals surface area (Å²) in [6.07, 6.45) is 5.31. The summed E-state index contributed by atoms with van der Waals surface area (Å²) in [4.78, 5) is 12.3. The molecular weight excluding hydrogens is 392 g/mol. The monoisotopic (exact) mass is 414 g/mol. The van der Waals surface area contributed by atoms with Crippen molar-refractivity contribution in [2.45, 2.75) is 25.7 Å². The topological polar surface area (TPSA) is 97.6 Å². The highest BCUT2D eigenvalue weighted by molar-refractivity contribution is 7.92. The van der Waals surface area contributed by atoms with Crippen LogP contribution in [0.4, 0.5) is 11.4 Å². The zero-order chi connectivity index (χ0) is 20.4. The Bertz CT molecular complexity index is 1170.